The molecule has 0 amide bonds. The molecule has 0 saturated heterocycles. The Bertz CT molecular complexity index is 364. The van der Waals surface area contributed by atoms with Crippen LogP contribution in [0.2, 0.25) is 0 Å². The average molecular weight is 221 g/mol. The van der Waals surface area contributed by atoms with Crippen LogP contribution in [0, 0.1) is 6.92 Å². The van der Waals surface area contributed by atoms with Gasteiger partial charge in [-0.25, -0.2) is 5.84 Å². The molecule has 0 spiro atoms. The highest BCUT2D eigenvalue weighted by Crippen LogP contribution is 2.21. The lowest BCUT2D eigenvalue weighted by Crippen LogP contribution is -2.33. The summed E-state index contributed by atoms with van der Waals surface area (Å²) in [6, 6.07) is 2.31. The summed E-state index contributed by atoms with van der Waals surface area (Å²) in [6.45, 7) is 1.99. The zero-order valence-electron chi connectivity index (χ0n) is 9.70. The number of nitrogens with two attached hydrogens (primary N) is 1. The van der Waals surface area contributed by atoms with Crippen LogP contribution in [0.15, 0.2) is 21.7 Å². The molecule has 4 heteroatoms. The van der Waals surface area contributed by atoms with Gasteiger partial charge in [0.25, 0.3) is 0 Å². The molecule has 0 atom stereocenters. The van der Waals surface area contributed by atoms with E-state index >= 15 is 0 Å². The van der Waals surface area contributed by atoms with Crippen molar-refractivity contribution in [2.45, 2.75) is 45.1 Å². The minimum Gasteiger partial charge on any atom is -0.461 e. The third kappa shape index (κ3) is 2.44. The highest BCUT2D eigenvalue weighted by molar-refractivity contribution is 5.97. The molecular weight excluding hydrogens is 202 g/mol. The van der Waals surface area contributed by atoms with E-state index in [1.54, 1.807) is 6.26 Å². The molecule has 0 bridgehead atoms. The second kappa shape index (κ2) is 5.16. The van der Waals surface area contributed by atoms with E-state index in [4.69, 9.17) is 10.3 Å². The Morgan fingerprint density at radius 1 is 1.44 bits per heavy atom. The quantitative estimate of drug-likeness (QED) is 0.348. The summed E-state index contributed by atoms with van der Waals surface area (Å²) in [6.07, 6.45) is 7.85. The van der Waals surface area contributed by atoms with Crippen molar-refractivity contribution in [3.8, 4) is 0 Å². The molecule has 1 aliphatic rings. The SMILES string of the molecule is Cc1ccoc1C(=NC1CCCCC1)NN. The molecular formula is C12H19N3O. The smallest absolute Gasteiger partial charge is 0.179 e. The predicted molar refractivity (Wildman–Crippen MR) is 64.2 cm³/mol. The number of aliphatic imine (C=N–C) groups is 1. The Labute approximate surface area is 95.9 Å². The van der Waals surface area contributed by atoms with E-state index < -0.39 is 0 Å². The van der Waals surface area contributed by atoms with Crippen LogP contribution in [-0.2, 0) is 0 Å². The van der Waals surface area contributed by atoms with Crippen LogP contribution in [0.1, 0.15) is 43.4 Å². The van der Waals surface area contributed by atoms with E-state index in [9.17, 15) is 0 Å². The number of hydrazine groups is 1. The van der Waals surface area contributed by atoms with Crippen molar-refractivity contribution in [3.05, 3.63) is 23.7 Å². The van der Waals surface area contributed by atoms with Crippen LogP contribution in [0.4, 0.5) is 0 Å². The first kappa shape index (κ1) is 11.2. The van der Waals surface area contributed by atoms with Crippen LogP contribution in [0.25, 0.3) is 0 Å². The number of nitrogens with zero attached hydrogens (tertiary/aromatic N) is 1. The van der Waals surface area contributed by atoms with E-state index in [0.717, 1.165) is 24.2 Å². The number of hydrogen-bond donors (Lipinski definition) is 2. The largest absolute Gasteiger partial charge is 0.461 e. The fourth-order valence-electron chi connectivity index (χ4n) is 2.17. The van der Waals surface area contributed by atoms with Gasteiger partial charge in [0.2, 0.25) is 0 Å². The summed E-state index contributed by atoms with van der Waals surface area (Å²) in [5.74, 6) is 6.94. The van der Waals surface area contributed by atoms with Gasteiger partial charge < -0.3 is 9.84 Å². The van der Waals surface area contributed by atoms with Crippen LogP contribution in [-0.4, -0.2) is 11.9 Å². The second-order valence-corrected chi connectivity index (χ2v) is 4.35. The van der Waals surface area contributed by atoms with E-state index in [-0.39, 0.29) is 0 Å². The van der Waals surface area contributed by atoms with Crippen molar-refractivity contribution in [3.63, 3.8) is 0 Å². The molecule has 1 aliphatic carbocycles. The third-order valence-electron chi connectivity index (χ3n) is 3.10. The molecule has 1 aromatic heterocycles. The first-order chi connectivity index (χ1) is 7.81. The zero-order chi connectivity index (χ0) is 11.4. The molecule has 3 N–H and O–H groups in total. The Kier molecular flexibility index (Phi) is 3.62. The Morgan fingerprint density at radius 2 is 2.19 bits per heavy atom. The van der Waals surface area contributed by atoms with Crippen LogP contribution >= 0.6 is 0 Å². The highest BCUT2D eigenvalue weighted by Gasteiger charge is 2.15. The molecule has 2 rings (SSSR count). The Hall–Kier alpha value is -1.29. The van der Waals surface area contributed by atoms with E-state index in [1.807, 2.05) is 13.0 Å². The molecule has 0 aromatic carbocycles. The number of hydrogen-bond acceptors (Lipinski definition) is 3. The topological polar surface area (TPSA) is 63.5 Å². The lowest BCUT2D eigenvalue weighted by Gasteiger charge is -2.18. The minimum absolute atomic E-state index is 0.393. The van der Waals surface area contributed by atoms with Crippen molar-refractivity contribution < 1.29 is 4.42 Å². The molecule has 16 heavy (non-hydrogen) atoms. The maximum Gasteiger partial charge on any atom is 0.179 e. The summed E-state index contributed by atoms with van der Waals surface area (Å²) in [5.41, 5.74) is 3.71. The third-order valence-corrected chi connectivity index (χ3v) is 3.10. The fourth-order valence-corrected chi connectivity index (χ4v) is 2.17. The van der Waals surface area contributed by atoms with Gasteiger partial charge >= 0.3 is 0 Å². The standard InChI is InChI=1S/C12H19N3O/c1-9-7-8-16-11(9)12(15-13)14-10-5-3-2-4-6-10/h7-8,10H,2-6,13H2,1H3,(H,14,15). The first-order valence-electron chi connectivity index (χ1n) is 5.90. The fraction of sp³-hybridized carbons (Fsp3) is 0.583. The number of rotatable bonds is 2. The Morgan fingerprint density at radius 3 is 2.75 bits per heavy atom. The number of furan rings is 1. The van der Waals surface area contributed by atoms with Gasteiger partial charge in [-0.2, -0.15) is 0 Å². The van der Waals surface area contributed by atoms with Gasteiger partial charge in [-0.1, -0.05) is 19.3 Å². The van der Waals surface area contributed by atoms with Gasteiger partial charge in [0.15, 0.2) is 11.6 Å². The number of amidine groups is 1. The normalized spacial score (nSPS) is 18.8. The van der Waals surface area contributed by atoms with Gasteiger partial charge in [-0.05, 0) is 31.4 Å². The first-order valence-corrected chi connectivity index (χ1v) is 5.90. The molecule has 1 aromatic rings. The maximum absolute atomic E-state index is 5.51. The van der Waals surface area contributed by atoms with Gasteiger partial charge in [-0.15, -0.1) is 0 Å². The Balaban J connectivity index is 2.15. The van der Waals surface area contributed by atoms with Gasteiger partial charge in [0.05, 0.1) is 12.3 Å². The van der Waals surface area contributed by atoms with E-state index in [1.165, 1.54) is 19.3 Å². The predicted octanol–water partition coefficient (Wildman–Crippen LogP) is 2.13. The van der Waals surface area contributed by atoms with E-state index in [0.29, 0.717) is 11.9 Å². The van der Waals surface area contributed by atoms with Crippen molar-refractivity contribution in [1.82, 2.24) is 5.43 Å². The summed E-state index contributed by atoms with van der Waals surface area (Å²) in [5, 5.41) is 0. The van der Waals surface area contributed by atoms with Gasteiger partial charge in [-0.3, -0.25) is 4.99 Å². The van der Waals surface area contributed by atoms with Crippen LogP contribution in [0.5, 0.6) is 0 Å². The van der Waals surface area contributed by atoms with Gasteiger partial charge in [0.1, 0.15) is 0 Å². The number of aryl methyl sites for hydroxylation is 1. The summed E-state index contributed by atoms with van der Waals surface area (Å²) in [7, 11) is 0. The van der Waals surface area contributed by atoms with Crippen LogP contribution < -0.4 is 11.3 Å². The highest BCUT2D eigenvalue weighted by atomic mass is 16.3. The summed E-state index contributed by atoms with van der Waals surface area (Å²) >= 11 is 0. The molecule has 88 valence electrons. The second-order valence-electron chi connectivity index (χ2n) is 4.35. The molecule has 0 unspecified atom stereocenters. The number of nitrogens with one attached hydrogen (secondary N) is 1. The molecule has 1 saturated carbocycles. The van der Waals surface area contributed by atoms with Crippen molar-refractivity contribution in [1.29, 1.82) is 0 Å². The zero-order valence-corrected chi connectivity index (χ0v) is 9.70. The maximum atomic E-state index is 5.51. The van der Waals surface area contributed by atoms with Crippen molar-refractivity contribution in [2.24, 2.45) is 10.8 Å². The monoisotopic (exact) mass is 221 g/mol. The average Bonchev–Trinajstić information content (AvgIpc) is 2.74. The molecule has 0 radical (unpaired) electrons. The van der Waals surface area contributed by atoms with Crippen molar-refractivity contribution in [2.75, 3.05) is 0 Å². The van der Waals surface area contributed by atoms with Crippen LogP contribution in [0.3, 0.4) is 0 Å². The summed E-state index contributed by atoms with van der Waals surface area (Å²) in [4.78, 5) is 4.64. The molecule has 0 aliphatic heterocycles. The van der Waals surface area contributed by atoms with Gasteiger partial charge in [0, 0.05) is 0 Å². The molecule has 4 nitrogen and oxygen atoms in total. The lowest BCUT2D eigenvalue weighted by molar-refractivity contribution is 0.441. The minimum atomic E-state index is 0.393. The molecule has 1 heterocycles. The molecule has 1 fully saturated rings. The summed E-state index contributed by atoms with van der Waals surface area (Å²) < 4.78 is 5.39. The van der Waals surface area contributed by atoms with E-state index in [2.05, 4.69) is 10.4 Å². The van der Waals surface area contributed by atoms with Crippen molar-refractivity contribution >= 4 is 5.84 Å². The lowest BCUT2D eigenvalue weighted by atomic mass is 9.96.